The predicted octanol–water partition coefficient (Wildman–Crippen LogP) is 3.44. The number of thiocarbonyl (C=S) groups is 2. The van der Waals surface area contributed by atoms with Gasteiger partial charge >= 0.3 is 0 Å². The largest absolute Gasteiger partial charge is 0.494 e. The lowest BCUT2D eigenvalue weighted by Crippen LogP contribution is -2.34. The van der Waals surface area contributed by atoms with Crippen molar-refractivity contribution in [3.63, 3.8) is 0 Å². The van der Waals surface area contributed by atoms with E-state index >= 15 is 0 Å². The molecular formula is C20H22N4O3S2. The molecule has 0 spiro atoms. The van der Waals surface area contributed by atoms with E-state index in [9.17, 15) is 9.59 Å². The van der Waals surface area contributed by atoms with Crippen molar-refractivity contribution in [2.24, 2.45) is 0 Å². The molecule has 7 nitrogen and oxygen atoms in total. The van der Waals surface area contributed by atoms with E-state index in [0.717, 1.165) is 0 Å². The maximum absolute atomic E-state index is 12.3. The normalized spacial score (nSPS) is 9.86. The molecular weight excluding hydrogens is 408 g/mol. The summed E-state index contributed by atoms with van der Waals surface area (Å²) in [6.07, 6.45) is 0.352. The minimum atomic E-state index is -0.319. The molecule has 0 fully saturated rings. The van der Waals surface area contributed by atoms with Crippen molar-refractivity contribution in [3.8, 4) is 5.75 Å². The summed E-state index contributed by atoms with van der Waals surface area (Å²) in [7, 11) is 0. The summed E-state index contributed by atoms with van der Waals surface area (Å²) in [4.78, 5) is 23.6. The number of anilines is 2. The van der Waals surface area contributed by atoms with Crippen LogP contribution in [0.1, 0.15) is 30.6 Å². The Labute approximate surface area is 180 Å². The molecule has 2 aromatic carbocycles. The smallest absolute Gasteiger partial charge is 0.257 e. The van der Waals surface area contributed by atoms with Crippen LogP contribution < -0.4 is 26.0 Å². The van der Waals surface area contributed by atoms with Crippen molar-refractivity contribution in [3.05, 3.63) is 54.1 Å². The number of hydrogen-bond acceptors (Lipinski definition) is 5. The summed E-state index contributed by atoms with van der Waals surface area (Å²) >= 11 is 10.3. The molecule has 0 saturated carbocycles. The molecule has 9 heteroatoms. The van der Waals surface area contributed by atoms with Gasteiger partial charge in [0.25, 0.3) is 5.91 Å². The first-order chi connectivity index (χ1) is 13.9. The predicted molar refractivity (Wildman–Crippen MR) is 122 cm³/mol. The van der Waals surface area contributed by atoms with Gasteiger partial charge in [0.05, 0.1) is 6.61 Å². The lowest BCUT2D eigenvalue weighted by molar-refractivity contribution is -0.119. The molecule has 152 valence electrons. The number of hydrogen-bond donors (Lipinski definition) is 4. The second kappa shape index (κ2) is 11.1. The van der Waals surface area contributed by atoms with Gasteiger partial charge in [0.1, 0.15) is 5.75 Å². The zero-order chi connectivity index (χ0) is 21.2. The van der Waals surface area contributed by atoms with Crippen LogP contribution in [-0.4, -0.2) is 28.6 Å². The fourth-order valence-electron chi connectivity index (χ4n) is 2.22. The van der Waals surface area contributed by atoms with E-state index < -0.39 is 0 Å². The minimum absolute atomic E-state index is 0.158. The summed E-state index contributed by atoms with van der Waals surface area (Å²) in [5.74, 6) is 0.224. The summed E-state index contributed by atoms with van der Waals surface area (Å²) in [6, 6.07) is 13.9. The van der Waals surface area contributed by atoms with Crippen LogP contribution in [-0.2, 0) is 4.79 Å². The van der Waals surface area contributed by atoms with Gasteiger partial charge in [-0.3, -0.25) is 14.9 Å². The summed E-state index contributed by atoms with van der Waals surface area (Å²) < 4.78 is 5.36. The van der Waals surface area contributed by atoms with Crippen molar-refractivity contribution in [2.75, 3.05) is 17.2 Å². The third kappa shape index (κ3) is 7.47. The highest BCUT2D eigenvalue weighted by molar-refractivity contribution is 7.80. The van der Waals surface area contributed by atoms with Crippen molar-refractivity contribution < 1.29 is 14.3 Å². The first kappa shape index (κ1) is 22.3. The number of carbonyl (C=O) groups is 2. The molecule has 0 saturated heterocycles. The SMILES string of the molecule is CCOc1ccc(C(=O)NC(=S)Nc2ccc(NC(=S)NC(=O)CC)cc2)cc1. The van der Waals surface area contributed by atoms with E-state index in [1.807, 2.05) is 6.92 Å². The molecule has 0 radical (unpaired) electrons. The summed E-state index contributed by atoms with van der Waals surface area (Å²) in [5.41, 5.74) is 1.87. The van der Waals surface area contributed by atoms with Crippen LogP contribution in [0.5, 0.6) is 5.75 Å². The van der Waals surface area contributed by atoms with E-state index in [1.54, 1.807) is 55.5 Å². The third-order valence-electron chi connectivity index (χ3n) is 3.63. The summed E-state index contributed by atoms with van der Waals surface area (Å²) in [5, 5.41) is 11.5. The topological polar surface area (TPSA) is 91.5 Å². The zero-order valence-electron chi connectivity index (χ0n) is 16.1. The lowest BCUT2D eigenvalue weighted by Gasteiger charge is -2.12. The van der Waals surface area contributed by atoms with Gasteiger partial charge in [-0.1, -0.05) is 6.92 Å². The molecule has 0 aliphatic heterocycles. The van der Waals surface area contributed by atoms with Crippen LogP contribution in [0.25, 0.3) is 0 Å². The molecule has 29 heavy (non-hydrogen) atoms. The quantitative estimate of drug-likeness (QED) is 0.522. The Balaban J connectivity index is 1.86. The van der Waals surface area contributed by atoms with E-state index in [2.05, 4.69) is 21.3 Å². The van der Waals surface area contributed by atoms with E-state index in [4.69, 9.17) is 29.2 Å². The molecule has 2 amide bonds. The van der Waals surface area contributed by atoms with Crippen LogP contribution in [0.2, 0.25) is 0 Å². The lowest BCUT2D eigenvalue weighted by atomic mass is 10.2. The highest BCUT2D eigenvalue weighted by Crippen LogP contribution is 2.14. The van der Waals surface area contributed by atoms with Crippen molar-refractivity contribution in [1.29, 1.82) is 0 Å². The van der Waals surface area contributed by atoms with E-state index in [0.29, 0.717) is 35.7 Å². The average molecular weight is 431 g/mol. The number of rotatable bonds is 6. The Morgan fingerprint density at radius 2 is 1.34 bits per heavy atom. The Hall–Kier alpha value is -3.04. The van der Waals surface area contributed by atoms with Crippen LogP contribution in [0, 0.1) is 0 Å². The number of carbonyl (C=O) groups excluding carboxylic acids is 2. The maximum Gasteiger partial charge on any atom is 0.257 e. The molecule has 0 aromatic heterocycles. The van der Waals surface area contributed by atoms with Crippen LogP contribution >= 0.6 is 24.4 Å². The molecule has 4 N–H and O–H groups in total. The van der Waals surface area contributed by atoms with E-state index in [1.165, 1.54) is 0 Å². The molecule has 0 heterocycles. The maximum atomic E-state index is 12.3. The highest BCUT2D eigenvalue weighted by Gasteiger charge is 2.08. The minimum Gasteiger partial charge on any atom is -0.494 e. The Bertz CT molecular complexity index is 884. The van der Waals surface area contributed by atoms with Crippen LogP contribution in [0.3, 0.4) is 0 Å². The highest BCUT2D eigenvalue weighted by atomic mass is 32.1. The fourth-order valence-corrected chi connectivity index (χ4v) is 2.66. The van der Waals surface area contributed by atoms with E-state index in [-0.39, 0.29) is 22.0 Å². The van der Waals surface area contributed by atoms with Crippen molar-refractivity contribution in [2.45, 2.75) is 20.3 Å². The molecule has 0 aliphatic rings. The van der Waals surface area contributed by atoms with Gasteiger partial charge in [0.2, 0.25) is 5.91 Å². The number of amides is 2. The second-order valence-corrected chi connectivity index (χ2v) is 6.62. The van der Waals surface area contributed by atoms with Gasteiger partial charge in [-0.05, 0) is 79.9 Å². The van der Waals surface area contributed by atoms with Crippen LogP contribution in [0.15, 0.2) is 48.5 Å². The Morgan fingerprint density at radius 1 is 0.828 bits per heavy atom. The molecule has 2 aromatic rings. The fraction of sp³-hybridized carbons (Fsp3) is 0.200. The Morgan fingerprint density at radius 3 is 1.83 bits per heavy atom. The molecule has 0 unspecified atom stereocenters. The van der Waals surface area contributed by atoms with Gasteiger partial charge in [0, 0.05) is 23.4 Å². The van der Waals surface area contributed by atoms with Gasteiger partial charge in [-0.15, -0.1) is 0 Å². The molecule has 0 bridgehead atoms. The monoisotopic (exact) mass is 430 g/mol. The first-order valence-electron chi connectivity index (χ1n) is 8.97. The standard InChI is InChI=1S/C20H22N4O3S2/c1-3-17(25)23-19(28)21-14-7-9-15(10-8-14)22-20(29)24-18(26)13-5-11-16(12-6-13)27-4-2/h5-12H,3-4H2,1-2H3,(H2,21,23,25,28)(H2,22,24,26,29). The van der Waals surface area contributed by atoms with Gasteiger partial charge < -0.3 is 20.7 Å². The molecule has 0 aliphatic carbocycles. The molecule has 2 rings (SSSR count). The number of ether oxygens (including phenoxy) is 1. The van der Waals surface area contributed by atoms with Crippen molar-refractivity contribution >= 4 is 57.8 Å². The second-order valence-electron chi connectivity index (χ2n) is 5.80. The first-order valence-corrected chi connectivity index (χ1v) is 9.79. The van der Waals surface area contributed by atoms with Gasteiger partial charge in [0.15, 0.2) is 10.2 Å². The van der Waals surface area contributed by atoms with Gasteiger partial charge in [-0.2, -0.15) is 0 Å². The average Bonchev–Trinajstić information content (AvgIpc) is 2.70. The number of nitrogens with one attached hydrogen (secondary N) is 4. The number of benzene rings is 2. The Kier molecular flexibility index (Phi) is 8.50. The zero-order valence-corrected chi connectivity index (χ0v) is 17.7. The summed E-state index contributed by atoms with van der Waals surface area (Å²) in [6.45, 7) is 4.20. The van der Waals surface area contributed by atoms with Gasteiger partial charge in [-0.25, -0.2) is 0 Å². The van der Waals surface area contributed by atoms with Crippen molar-refractivity contribution in [1.82, 2.24) is 10.6 Å². The third-order valence-corrected chi connectivity index (χ3v) is 4.04. The van der Waals surface area contributed by atoms with Crippen LogP contribution in [0.4, 0.5) is 11.4 Å². The molecule has 0 atom stereocenters.